The smallest absolute Gasteiger partial charge is 0.446 e. The van der Waals surface area contributed by atoms with Gasteiger partial charge in [0, 0.05) is 10.8 Å². The Morgan fingerprint density at radius 3 is 2.52 bits per heavy atom. The lowest BCUT2D eigenvalue weighted by Crippen LogP contribution is -2.10. The Labute approximate surface area is 129 Å². The van der Waals surface area contributed by atoms with Crippen molar-refractivity contribution in [3.63, 3.8) is 0 Å². The minimum Gasteiger partial charge on any atom is -0.466 e. The van der Waals surface area contributed by atoms with Crippen LogP contribution in [0.3, 0.4) is 0 Å². The summed E-state index contributed by atoms with van der Waals surface area (Å²) >= 11 is 5.21. The lowest BCUT2D eigenvalue weighted by Gasteiger charge is -2.14. The van der Waals surface area contributed by atoms with Crippen molar-refractivity contribution in [1.29, 1.82) is 5.26 Å². The normalized spacial score (nSPS) is 11.0. The number of thioether (sulfide) groups is 1. The summed E-state index contributed by atoms with van der Waals surface area (Å²) in [5, 5.41) is 9.13. The number of carbonyl (C=O) groups excluding carboxylic acids is 1. The summed E-state index contributed by atoms with van der Waals surface area (Å²) in [6, 6.07) is 4.53. The molecule has 0 unspecified atom stereocenters. The summed E-state index contributed by atoms with van der Waals surface area (Å²) in [4.78, 5) is 11.2. The van der Waals surface area contributed by atoms with E-state index in [4.69, 9.17) is 21.6 Å². The summed E-state index contributed by atoms with van der Waals surface area (Å²) in [6.07, 6.45) is -0.259. The SMILES string of the molecule is CCOC(=O)Cc1ccc(CCl)c(SC(F)(F)F)c1C#N. The third-order valence-electron chi connectivity index (χ3n) is 2.44. The van der Waals surface area contributed by atoms with Gasteiger partial charge in [-0.15, -0.1) is 11.6 Å². The average molecular weight is 338 g/mol. The Morgan fingerprint density at radius 1 is 1.43 bits per heavy atom. The van der Waals surface area contributed by atoms with Gasteiger partial charge in [0.25, 0.3) is 0 Å². The van der Waals surface area contributed by atoms with Gasteiger partial charge in [-0.1, -0.05) is 12.1 Å². The Bertz CT molecular complexity index is 570. The summed E-state index contributed by atoms with van der Waals surface area (Å²) in [5.74, 6) is -0.761. The van der Waals surface area contributed by atoms with Gasteiger partial charge in [-0.05, 0) is 29.8 Å². The zero-order valence-electron chi connectivity index (χ0n) is 11.0. The van der Waals surface area contributed by atoms with Gasteiger partial charge in [-0.3, -0.25) is 4.79 Å². The van der Waals surface area contributed by atoms with E-state index in [0.29, 0.717) is 0 Å². The minimum atomic E-state index is -4.55. The number of benzene rings is 1. The van der Waals surface area contributed by atoms with E-state index in [2.05, 4.69) is 0 Å². The first kappa shape index (κ1) is 17.7. The monoisotopic (exact) mass is 337 g/mol. The number of nitrogens with zero attached hydrogens (tertiary/aromatic N) is 1. The predicted molar refractivity (Wildman–Crippen MR) is 73.0 cm³/mol. The van der Waals surface area contributed by atoms with Crippen LogP contribution >= 0.6 is 23.4 Å². The molecule has 1 aromatic carbocycles. The van der Waals surface area contributed by atoms with E-state index < -0.39 is 23.2 Å². The van der Waals surface area contributed by atoms with E-state index in [0.717, 1.165) is 0 Å². The van der Waals surface area contributed by atoms with Crippen molar-refractivity contribution in [2.24, 2.45) is 0 Å². The molecule has 0 saturated heterocycles. The standard InChI is InChI=1S/C13H11ClF3NO2S/c1-2-20-11(19)5-8-3-4-9(6-14)12(10(8)7-18)21-13(15,16)17/h3-4H,2,5-6H2,1H3. The Morgan fingerprint density at radius 2 is 2.05 bits per heavy atom. The quantitative estimate of drug-likeness (QED) is 0.462. The van der Waals surface area contributed by atoms with Crippen LogP contribution in [0.25, 0.3) is 0 Å². The molecule has 3 nitrogen and oxygen atoms in total. The van der Waals surface area contributed by atoms with E-state index >= 15 is 0 Å². The maximum absolute atomic E-state index is 12.6. The van der Waals surface area contributed by atoms with Gasteiger partial charge < -0.3 is 4.74 Å². The second-order valence-electron chi connectivity index (χ2n) is 3.86. The first-order valence-corrected chi connectivity index (χ1v) is 7.19. The molecule has 0 N–H and O–H groups in total. The summed E-state index contributed by atoms with van der Waals surface area (Å²) in [7, 11) is 0. The molecular formula is C13H11ClF3NO2S. The fourth-order valence-electron chi connectivity index (χ4n) is 1.64. The number of carbonyl (C=O) groups is 1. The molecule has 0 bridgehead atoms. The van der Waals surface area contributed by atoms with Crippen molar-refractivity contribution < 1.29 is 22.7 Å². The highest BCUT2D eigenvalue weighted by Crippen LogP contribution is 2.41. The molecule has 0 aliphatic heterocycles. The van der Waals surface area contributed by atoms with Crippen molar-refractivity contribution in [3.05, 3.63) is 28.8 Å². The molecule has 0 aliphatic carbocycles. The molecule has 21 heavy (non-hydrogen) atoms. The van der Waals surface area contributed by atoms with Crippen LogP contribution in [0.5, 0.6) is 0 Å². The van der Waals surface area contributed by atoms with Crippen LogP contribution in [0.2, 0.25) is 0 Å². The van der Waals surface area contributed by atoms with Crippen LogP contribution in [0.15, 0.2) is 17.0 Å². The van der Waals surface area contributed by atoms with Crippen LogP contribution in [-0.4, -0.2) is 18.1 Å². The van der Waals surface area contributed by atoms with Gasteiger partial charge in [-0.25, -0.2) is 0 Å². The molecule has 1 rings (SSSR count). The van der Waals surface area contributed by atoms with Crippen LogP contribution in [-0.2, 0) is 21.8 Å². The van der Waals surface area contributed by atoms with Crippen LogP contribution in [0.4, 0.5) is 13.2 Å². The van der Waals surface area contributed by atoms with Crippen LogP contribution < -0.4 is 0 Å². The van der Waals surface area contributed by atoms with E-state index in [1.807, 2.05) is 0 Å². The zero-order valence-corrected chi connectivity index (χ0v) is 12.5. The first-order chi connectivity index (χ1) is 9.82. The zero-order chi connectivity index (χ0) is 16.0. The lowest BCUT2D eigenvalue weighted by molar-refractivity contribution is -0.142. The molecule has 0 aromatic heterocycles. The molecule has 1 aromatic rings. The number of ether oxygens (including phenoxy) is 1. The Hall–Kier alpha value is -1.39. The molecular weight excluding hydrogens is 327 g/mol. The molecule has 0 radical (unpaired) electrons. The minimum absolute atomic E-state index is 0.157. The maximum atomic E-state index is 12.6. The Kier molecular flexibility index (Phi) is 6.37. The number of hydrogen-bond donors (Lipinski definition) is 0. The van der Waals surface area contributed by atoms with Crippen molar-refractivity contribution in [1.82, 2.24) is 0 Å². The molecule has 0 spiro atoms. The average Bonchev–Trinajstić information content (AvgIpc) is 2.37. The number of hydrogen-bond acceptors (Lipinski definition) is 4. The van der Waals surface area contributed by atoms with Crippen molar-refractivity contribution in [2.75, 3.05) is 6.61 Å². The predicted octanol–water partition coefficient (Wildman–Crippen LogP) is 4.01. The van der Waals surface area contributed by atoms with Gasteiger partial charge in [-0.2, -0.15) is 18.4 Å². The number of nitriles is 1. The summed E-state index contributed by atoms with van der Waals surface area (Å²) in [5.41, 5.74) is -4.35. The second kappa shape index (κ2) is 7.57. The van der Waals surface area contributed by atoms with Crippen LogP contribution in [0.1, 0.15) is 23.6 Å². The summed E-state index contributed by atoms with van der Waals surface area (Å²) < 4.78 is 42.6. The first-order valence-electron chi connectivity index (χ1n) is 5.84. The van der Waals surface area contributed by atoms with E-state index in [-0.39, 0.29) is 40.5 Å². The highest BCUT2D eigenvalue weighted by molar-refractivity contribution is 8.00. The van der Waals surface area contributed by atoms with Gasteiger partial charge in [0.1, 0.15) is 6.07 Å². The number of halogens is 4. The largest absolute Gasteiger partial charge is 0.466 e. The molecule has 0 fully saturated rings. The fraction of sp³-hybridized carbons (Fsp3) is 0.385. The Balaban J connectivity index is 3.26. The highest BCUT2D eigenvalue weighted by atomic mass is 35.5. The third kappa shape index (κ3) is 5.14. The molecule has 0 aliphatic rings. The third-order valence-corrected chi connectivity index (χ3v) is 3.63. The van der Waals surface area contributed by atoms with Gasteiger partial charge in [0.2, 0.25) is 0 Å². The van der Waals surface area contributed by atoms with Gasteiger partial charge in [0.05, 0.1) is 18.6 Å². The fourth-order valence-corrected chi connectivity index (χ4v) is 2.73. The van der Waals surface area contributed by atoms with Gasteiger partial charge in [0.15, 0.2) is 0 Å². The topological polar surface area (TPSA) is 50.1 Å². The van der Waals surface area contributed by atoms with Crippen molar-refractivity contribution >= 4 is 29.3 Å². The maximum Gasteiger partial charge on any atom is 0.446 e. The van der Waals surface area contributed by atoms with Crippen molar-refractivity contribution in [3.8, 4) is 6.07 Å². The highest BCUT2D eigenvalue weighted by Gasteiger charge is 2.32. The molecule has 0 amide bonds. The molecule has 0 saturated carbocycles. The molecule has 0 atom stereocenters. The molecule has 8 heteroatoms. The van der Waals surface area contributed by atoms with Crippen LogP contribution in [0, 0.1) is 11.3 Å². The second-order valence-corrected chi connectivity index (χ2v) is 5.21. The van der Waals surface area contributed by atoms with E-state index in [1.54, 1.807) is 13.0 Å². The van der Waals surface area contributed by atoms with E-state index in [1.165, 1.54) is 12.1 Å². The lowest BCUT2D eigenvalue weighted by atomic mass is 10.0. The van der Waals surface area contributed by atoms with Gasteiger partial charge >= 0.3 is 11.5 Å². The number of rotatable bonds is 5. The van der Waals surface area contributed by atoms with E-state index in [9.17, 15) is 18.0 Å². The number of alkyl halides is 4. The molecule has 114 valence electrons. The van der Waals surface area contributed by atoms with Crippen molar-refractivity contribution in [2.45, 2.75) is 29.6 Å². The summed E-state index contributed by atoms with van der Waals surface area (Å²) in [6.45, 7) is 1.77. The molecule has 0 heterocycles. The number of esters is 1.